The third kappa shape index (κ3) is 3.36. The highest BCUT2D eigenvalue weighted by Crippen LogP contribution is 2.23. The lowest BCUT2D eigenvalue weighted by Crippen LogP contribution is -2.10. The van der Waals surface area contributed by atoms with Gasteiger partial charge in [0.1, 0.15) is 16.4 Å². The molecule has 0 atom stereocenters. The summed E-state index contributed by atoms with van der Waals surface area (Å²) >= 11 is 1.44. The molecule has 2 heterocycles. The van der Waals surface area contributed by atoms with E-state index in [-0.39, 0.29) is 5.56 Å². The topological polar surface area (TPSA) is 80.9 Å². The summed E-state index contributed by atoms with van der Waals surface area (Å²) in [6.45, 7) is 4.42. The van der Waals surface area contributed by atoms with Crippen molar-refractivity contribution in [2.24, 2.45) is 0 Å². The third-order valence-electron chi connectivity index (χ3n) is 2.78. The van der Waals surface area contributed by atoms with Gasteiger partial charge in [-0.1, -0.05) is 6.92 Å². The number of aromatic carboxylic acids is 1. The van der Waals surface area contributed by atoms with Crippen LogP contribution in [0.3, 0.4) is 0 Å². The first-order valence-corrected chi connectivity index (χ1v) is 7.29. The number of carboxylic acid groups (broad SMARTS) is 1. The molecule has 2 aromatic rings. The number of aryl methyl sites for hydroxylation is 3. The lowest BCUT2D eigenvalue weighted by Gasteiger charge is -2.09. The van der Waals surface area contributed by atoms with Crippen molar-refractivity contribution in [2.45, 2.75) is 31.8 Å². The maximum Gasteiger partial charge on any atom is 0.340 e. The van der Waals surface area contributed by atoms with E-state index in [9.17, 15) is 9.90 Å². The van der Waals surface area contributed by atoms with Crippen LogP contribution in [0.15, 0.2) is 23.7 Å². The van der Waals surface area contributed by atoms with Gasteiger partial charge in [-0.15, -0.1) is 11.8 Å². The van der Waals surface area contributed by atoms with Crippen LogP contribution < -0.4 is 0 Å². The van der Waals surface area contributed by atoms with Crippen LogP contribution in [0.2, 0.25) is 0 Å². The van der Waals surface area contributed by atoms with Crippen molar-refractivity contribution < 1.29 is 9.90 Å². The summed E-state index contributed by atoms with van der Waals surface area (Å²) in [5, 5.41) is 9.83. The van der Waals surface area contributed by atoms with E-state index in [1.165, 1.54) is 11.8 Å². The molecular formula is C13H16N4O2S. The molecule has 20 heavy (non-hydrogen) atoms. The van der Waals surface area contributed by atoms with Crippen LogP contribution in [-0.4, -0.2) is 36.3 Å². The second kappa shape index (κ2) is 6.51. The van der Waals surface area contributed by atoms with Gasteiger partial charge in [-0.2, -0.15) is 0 Å². The number of imidazole rings is 1. The Morgan fingerprint density at radius 2 is 2.25 bits per heavy atom. The van der Waals surface area contributed by atoms with Crippen molar-refractivity contribution in [3.8, 4) is 0 Å². The van der Waals surface area contributed by atoms with Gasteiger partial charge in [0.2, 0.25) is 0 Å². The van der Waals surface area contributed by atoms with Crippen molar-refractivity contribution >= 4 is 17.7 Å². The number of nitrogens with zero attached hydrogens (tertiary/aromatic N) is 4. The molecule has 0 bridgehead atoms. The minimum atomic E-state index is -0.977. The fourth-order valence-electron chi connectivity index (χ4n) is 1.78. The summed E-state index contributed by atoms with van der Waals surface area (Å²) in [7, 11) is 0. The normalized spacial score (nSPS) is 10.7. The molecule has 0 unspecified atom stereocenters. The van der Waals surface area contributed by atoms with Crippen LogP contribution in [0.5, 0.6) is 0 Å². The van der Waals surface area contributed by atoms with Gasteiger partial charge >= 0.3 is 5.97 Å². The quantitative estimate of drug-likeness (QED) is 0.648. The number of carbonyl (C=O) groups is 1. The van der Waals surface area contributed by atoms with Crippen LogP contribution >= 0.6 is 11.8 Å². The second-order valence-corrected chi connectivity index (χ2v) is 5.30. The molecule has 0 spiro atoms. The van der Waals surface area contributed by atoms with Crippen LogP contribution in [0.1, 0.15) is 28.8 Å². The van der Waals surface area contributed by atoms with Crippen LogP contribution in [0.25, 0.3) is 0 Å². The molecule has 0 aliphatic carbocycles. The van der Waals surface area contributed by atoms with Crippen molar-refractivity contribution in [3.63, 3.8) is 0 Å². The molecule has 2 aromatic heterocycles. The molecule has 0 radical (unpaired) electrons. The first-order chi connectivity index (χ1) is 9.61. The molecule has 0 fully saturated rings. The number of rotatable bonds is 6. The van der Waals surface area contributed by atoms with Gasteiger partial charge in [0.05, 0.1) is 12.0 Å². The minimum absolute atomic E-state index is 0.206. The van der Waals surface area contributed by atoms with Gasteiger partial charge in [-0.25, -0.2) is 19.7 Å². The monoisotopic (exact) mass is 292 g/mol. The zero-order chi connectivity index (χ0) is 14.5. The first-order valence-electron chi connectivity index (χ1n) is 6.31. The van der Waals surface area contributed by atoms with Gasteiger partial charge in [0.15, 0.2) is 0 Å². The summed E-state index contributed by atoms with van der Waals surface area (Å²) in [6.07, 6.45) is 6.02. The molecule has 0 amide bonds. The molecule has 1 N–H and O–H groups in total. The predicted molar refractivity (Wildman–Crippen MR) is 76.1 cm³/mol. The Bertz CT molecular complexity index is 599. The van der Waals surface area contributed by atoms with Crippen molar-refractivity contribution in [2.75, 3.05) is 5.75 Å². The summed E-state index contributed by atoms with van der Waals surface area (Å²) < 4.78 is 1.95. The average Bonchev–Trinajstić information content (AvgIpc) is 2.90. The van der Waals surface area contributed by atoms with Crippen LogP contribution in [-0.2, 0) is 13.0 Å². The Balaban J connectivity index is 2.16. The highest BCUT2D eigenvalue weighted by atomic mass is 32.2. The summed E-state index contributed by atoms with van der Waals surface area (Å²) in [5.74, 6) is 0.434. The van der Waals surface area contributed by atoms with Gasteiger partial charge in [0, 0.05) is 31.1 Å². The molecule has 106 valence electrons. The van der Waals surface area contributed by atoms with Crippen molar-refractivity contribution in [1.29, 1.82) is 0 Å². The van der Waals surface area contributed by atoms with Crippen LogP contribution in [0, 0.1) is 6.92 Å². The first kappa shape index (κ1) is 14.5. The standard InChI is InChI=1S/C13H16N4O2S/c1-3-10-15-9(2)11(13(18)19)12(16-10)20-7-6-17-5-4-14-8-17/h4-5,8H,3,6-7H2,1-2H3,(H,18,19). The number of carboxylic acids is 1. The van der Waals surface area contributed by atoms with Gasteiger partial charge in [-0.3, -0.25) is 0 Å². The van der Waals surface area contributed by atoms with Crippen LogP contribution in [0.4, 0.5) is 0 Å². The Labute approximate surface area is 121 Å². The zero-order valence-corrected chi connectivity index (χ0v) is 12.2. The van der Waals surface area contributed by atoms with Crippen molar-refractivity contribution in [1.82, 2.24) is 19.5 Å². The van der Waals surface area contributed by atoms with Gasteiger partial charge < -0.3 is 9.67 Å². The molecule has 0 aromatic carbocycles. The molecule has 6 nitrogen and oxygen atoms in total. The lowest BCUT2D eigenvalue weighted by molar-refractivity contribution is 0.0690. The fraction of sp³-hybridized carbons (Fsp3) is 0.385. The fourth-order valence-corrected chi connectivity index (χ4v) is 2.82. The second-order valence-electron chi connectivity index (χ2n) is 4.21. The number of hydrogen-bond acceptors (Lipinski definition) is 5. The largest absolute Gasteiger partial charge is 0.478 e. The Morgan fingerprint density at radius 3 is 2.85 bits per heavy atom. The van der Waals surface area contributed by atoms with Gasteiger partial charge in [-0.05, 0) is 6.92 Å². The van der Waals surface area contributed by atoms with E-state index in [1.54, 1.807) is 19.4 Å². The van der Waals surface area contributed by atoms with E-state index in [2.05, 4.69) is 15.0 Å². The maximum atomic E-state index is 11.3. The highest BCUT2D eigenvalue weighted by Gasteiger charge is 2.17. The van der Waals surface area contributed by atoms with E-state index in [4.69, 9.17) is 0 Å². The molecule has 0 aliphatic rings. The highest BCUT2D eigenvalue weighted by molar-refractivity contribution is 7.99. The zero-order valence-electron chi connectivity index (χ0n) is 11.4. The average molecular weight is 292 g/mol. The number of thioether (sulfide) groups is 1. The number of aromatic nitrogens is 4. The number of hydrogen-bond donors (Lipinski definition) is 1. The Hall–Kier alpha value is -1.89. The van der Waals surface area contributed by atoms with E-state index in [0.29, 0.717) is 23.0 Å². The molecule has 0 saturated heterocycles. The lowest BCUT2D eigenvalue weighted by atomic mass is 10.2. The molecule has 0 aliphatic heterocycles. The van der Waals surface area contributed by atoms with Crippen molar-refractivity contribution in [3.05, 3.63) is 35.8 Å². The maximum absolute atomic E-state index is 11.3. The molecule has 2 rings (SSSR count). The predicted octanol–water partition coefficient (Wildman–Crippen LogP) is 2.03. The minimum Gasteiger partial charge on any atom is -0.478 e. The summed E-state index contributed by atoms with van der Waals surface area (Å²) in [6, 6.07) is 0. The molecule has 7 heteroatoms. The summed E-state index contributed by atoms with van der Waals surface area (Å²) in [5.41, 5.74) is 0.729. The van der Waals surface area contributed by atoms with E-state index in [0.717, 1.165) is 12.3 Å². The molecular weight excluding hydrogens is 276 g/mol. The van der Waals surface area contributed by atoms with E-state index in [1.807, 2.05) is 17.7 Å². The SMILES string of the molecule is CCc1nc(C)c(C(=O)O)c(SCCn2ccnc2)n1. The Kier molecular flexibility index (Phi) is 4.73. The Morgan fingerprint density at radius 1 is 1.45 bits per heavy atom. The molecule has 0 saturated carbocycles. The van der Waals surface area contributed by atoms with E-state index < -0.39 is 5.97 Å². The van der Waals surface area contributed by atoms with E-state index >= 15 is 0 Å². The third-order valence-corrected chi connectivity index (χ3v) is 3.74. The van der Waals surface area contributed by atoms with Gasteiger partial charge in [0.25, 0.3) is 0 Å². The summed E-state index contributed by atoms with van der Waals surface area (Å²) in [4.78, 5) is 23.8. The smallest absolute Gasteiger partial charge is 0.340 e.